The van der Waals surface area contributed by atoms with E-state index < -0.39 is 17.7 Å². The highest BCUT2D eigenvalue weighted by Gasteiger charge is 2.33. The lowest BCUT2D eigenvalue weighted by molar-refractivity contribution is -0.166. The zero-order valence-electron chi connectivity index (χ0n) is 14.2. The Morgan fingerprint density at radius 2 is 2.04 bits per heavy atom. The van der Waals surface area contributed by atoms with Crippen LogP contribution < -0.4 is 10.2 Å². The second-order valence-corrected chi connectivity index (χ2v) is 5.66. The molecule has 3 rings (SSSR count). The van der Waals surface area contributed by atoms with Gasteiger partial charge in [-0.15, -0.1) is 0 Å². The van der Waals surface area contributed by atoms with E-state index in [2.05, 4.69) is 0 Å². The highest BCUT2D eigenvalue weighted by molar-refractivity contribution is 6.05. The Kier molecular flexibility index (Phi) is 4.40. The van der Waals surface area contributed by atoms with E-state index in [1.54, 1.807) is 0 Å². The van der Waals surface area contributed by atoms with Crippen molar-refractivity contribution in [3.63, 3.8) is 0 Å². The van der Waals surface area contributed by atoms with Gasteiger partial charge in [0.2, 0.25) is 11.2 Å². The molecule has 2 aromatic rings. The van der Waals surface area contributed by atoms with Crippen molar-refractivity contribution in [1.82, 2.24) is 0 Å². The van der Waals surface area contributed by atoms with Crippen LogP contribution in [0.5, 0.6) is 11.5 Å². The third-order valence-electron chi connectivity index (χ3n) is 4.12. The van der Waals surface area contributed by atoms with Gasteiger partial charge in [-0.25, -0.2) is 4.79 Å². The molecule has 2 heterocycles. The van der Waals surface area contributed by atoms with Crippen molar-refractivity contribution in [2.75, 3.05) is 21.3 Å². The molecule has 0 fully saturated rings. The van der Waals surface area contributed by atoms with E-state index in [-0.39, 0.29) is 39.7 Å². The number of methoxy groups -OCH3 is 3. The Bertz CT molecular complexity index is 898. The molecule has 0 saturated heterocycles. The fourth-order valence-electron chi connectivity index (χ4n) is 2.97. The number of carbonyl (C=O) groups excluding carboxylic acids is 1. The quantitative estimate of drug-likeness (QED) is 0.837. The van der Waals surface area contributed by atoms with Gasteiger partial charge in [-0.3, -0.25) is 4.79 Å². The minimum Gasteiger partial charge on any atom is -0.502 e. The van der Waals surface area contributed by atoms with E-state index in [9.17, 15) is 14.7 Å². The first-order chi connectivity index (χ1) is 11.9. The molecule has 0 radical (unpaired) electrons. The van der Waals surface area contributed by atoms with Crippen LogP contribution in [0.4, 0.5) is 0 Å². The highest BCUT2D eigenvalue weighted by Crippen LogP contribution is 2.39. The number of phenolic OH excluding ortho intramolecular Hbond substituents is 1. The van der Waals surface area contributed by atoms with Crippen molar-refractivity contribution in [2.24, 2.45) is 0 Å². The average molecular weight is 350 g/mol. The second-order valence-electron chi connectivity index (χ2n) is 5.66. The molecule has 1 aromatic heterocycles. The monoisotopic (exact) mass is 350 g/mol. The molecule has 0 saturated carbocycles. The van der Waals surface area contributed by atoms with E-state index in [0.29, 0.717) is 12.2 Å². The van der Waals surface area contributed by atoms with Crippen LogP contribution >= 0.6 is 0 Å². The maximum atomic E-state index is 13.1. The summed E-state index contributed by atoms with van der Waals surface area (Å²) in [6.07, 6.45) is -0.843. The Labute approximate surface area is 142 Å². The summed E-state index contributed by atoms with van der Waals surface area (Å²) in [5.41, 5.74) is -0.555. The van der Waals surface area contributed by atoms with Gasteiger partial charge < -0.3 is 28.5 Å². The van der Waals surface area contributed by atoms with Gasteiger partial charge in [-0.05, 0) is 13.0 Å². The largest absolute Gasteiger partial charge is 0.502 e. The molecule has 1 aliphatic rings. The third kappa shape index (κ3) is 2.63. The summed E-state index contributed by atoms with van der Waals surface area (Å²) in [5.74, 6) is -0.783. The van der Waals surface area contributed by atoms with E-state index in [4.69, 9.17) is 23.4 Å². The van der Waals surface area contributed by atoms with Crippen molar-refractivity contribution in [3.8, 4) is 11.5 Å². The van der Waals surface area contributed by atoms with Crippen LogP contribution in [0.2, 0.25) is 0 Å². The number of phenols is 1. The molecule has 1 aromatic carbocycles. The average Bonchev–Trinajstić information content (AvgIpc) is 2.61. The first kappa shape index (κ1) is 17.2. The lowest BCUT2D eigenvalue weighted by atomic mass is 10.00. The standard InChI is InChI=1S/C17H18O8/c1-7-5-9-12(17(23-4)24-7)14(19)11-8(16(20)22-3)6-10(21-2)13(18)15(11)25-9/h6-7,17-18H,5H2,1-4H3/t7-,17+/m1/s1. The number of aromatic hydroxyl groups is 1. The topological polar surface area (TPSA) is 104 Å². The zero-order chi connectivity index (χ0) is 18.3. The lowest BCUT2D eigenvalue weighted by Crippen LogP contribution is -2.30. The molecule has 134 valence electrons. The summed E-state index contributed by atoms with van der Waals surface area (Å²) < 4.78 is 26.4. The predicted octanol–water partition coefficient (Wildman–Crippen LogP) is 1.90. The van der Waals surface area contributed by atoms with Crippen LogP contribution in [0.25, 0.3) is 11.0 Å². The number of fused-ring (bicyclic) bond motifs is 2. The van der Waals surface area contributed by atoms with Gasteiger partial charge in [-0.2, -0.15) is 0 Å². The van der Waals surface area contributed by atoms with Crippen LogP contribution in [0, 0.1) is 0 Å². The maximum absolute atomic E-state index is 13.1. The van der Waals surface area contributed by atoms with Crippen molar-refractivity contribution < 1.29 is 33.3 Å². The molecule has 2 atom stereocenters. The van der Waals surface area contributed by atoms with Gasteiger partial charge in [0.15, 0.2) is 17.6 Å². The number of esters is 1. The SMILES string of the molecule is COC(=O)c1cc(OC)c(O)c2oc3c(c(=O)c12)[C@@H](OC)O[C@H](C)C3. The summed E-state index contributed by atoms with van der Waals surface area (Å²) in [4.78, 5) is 25.2. The van der Waals surface area contributed by atoms with Gasteiger partial charge in [0.25, 0.3) is 0 Å². The summed E-state index contributed by atoms with van der Waals surface area (Å²) in [5, 5.41) is 10.3. The van der Waals surface area contributed by atoms with Crippen LogP contribution in [0.3, 0.4) is 0 Å². The molecule has 0 amide bonds. The van der Waals surface area contributed by atoms with Crippen LogP contribution in [-0.4, -0.2) is 38.5 Å². The molecule has 0 bridgehead atoms. The van der Waals surface area contributed by atoms with Crippen LogP contribution in [-0.2, 0) is 20.6 Å². The highest BCUT2D eigenvalue weighted by atomic mass is 16.7. The van der Waals surface area contributed by atoms with Gasteiger partial charge in [0.05, 0.1) is 36.8 Å². The Morgan fingerprint density at radius 3 is 2.64 bits per heavy atom. The van der Waals surface area contributed by atoms with Crippen molar-refractivity contribution >= 4 is 16.9 Å². The minimum absolute atomic E-state index is 0.000556. The zero-order valence-corrected chi connectivity index (χ0v) is 14.2. The molecule has 8 nitrogen and oxygen atoms in total. The second kappa shape index (κ2) is 6.38. The van der Waals surface area contributed by atoms with E-state index >= 15 is 0 Å². The Morgan fingerprint density at radius 1 is 1.32 bits per heavy atom. The van der Waals surface area contributed by atoms with Crippen molar-refractivity contribution in [2.45, 2.75) is 25.7 Å². The summed E-state index contributed by atoms with van der Waals surface area (Å²) >= 11 is 0. The van der Waals surface area contributed by atoms with Crippen LogP contribution in [0.15, 0.2) is 15.3 Å². The molecular weight excluding hydrogens is 332 g/mol. The van der Waals surface area contributed by atoms with Gasteiger partial charge in [0, 0.05) is 13.5 Å². The normalized spacial score (nSPS) is 19.5. The van der Waals surface area contributed by atoms with E-state index in [1.165, 1.54) is 27.4 Å². The van der Waals surface area contributed by atoms with Gasteiger partial charge >= 0.3 is 5.97 Å². The number of ether oxygens (including phenoxy) is 4. The van der Waals surface area contributed by atoms with Crippen molar-refractivity contribution in [3.05, 3.63) is 33.2 Å². The predicted molar refractivity (Wildman–Crippen MR) is 86.0 cm³/mol. The fourth-order valence-corrected chi connectivity index (χ4v) is 2.97. The number of carbonyl (C=O) groups is 1. The molecule has 25 heavy (non-hydrogen) atoms. The Balaban J connectivity index is 2.45. The molecule has 1 aliphatic heterocycles. The number of benzene rings is 1. The number of rotatable bonds is 3. The van der Waals surface area contributed by atoms with Gasteiger partial charge in [0.1, 0.15) is 5.76 Å². The smallest absolute Gasteiger partial charge is 0.338 e. The first-order valence-corrected chi connectivity index (χ1v) is 7.59. The van der Waals surface area contributed by atoms with Crippen molar-refractivity contribution in [1.29, 1.82) is 0 Å². The van der Waals surface area contributed by atoms with Crippen LogP contribution in [0.1, 0.15) is 34.9 Å². The number of hydrogen-bond acceptors (Lipinski definition) is 8. The molecule has 8 heteroatoms. The summed E-state index contributed by atoms with van der Waals surface area (Å²) in [7, 11) is 3.93. The van der Waals surface area contributed by atoms with Gasteiger partial charge in [-0.1, -0.05) is 0 Å². The van der Waals surface area contributed by atoms with E-state index in [0.717, 1.165) is 0 Å². The maximum Gasteiger partial charge on any atom is 0.338 e. The lowest BCUT2D eigenvalue weighted by Gasteiger charge is -2.28. The third-order valence-corrected chi connectivity index (χ3v) is 4.12. The Hall–Kier alpha value is -2.58. The van der Waals surface area contributed by atoms with E-state index in [1.807, 2.05) is 6.92 Å². The molecule has 0 unspecified atom stereocenters. The fraction of sp³-hybridized carbons (Fsp3) is 0.412. The summed E-state index contributed by atoms with van der Waals surface area (Å²) in [6, 6.07) is 1.24. The first-order valence-electron chi connectivity index (χ1n) is 7.59. The summed E-state index contributed by atoms with van der Waals surface area (Å²) in [6.45, 7) is 1.81. The minimum atomic E-state index is -0.922. The number of hydrogen-bond donors (Lipinski definition) is 1. The molecule has 1 N–H and O–H groups in total. The molecule has 0 aliphatic carbocycles. The molecule has 0 spiro atoms. The molecular formula is C17H18O8.